The lowest BCUT2D eigenvalue weighted by molar-refractivity contribution is -0.160. The first-order valence-electron chi connectivity index (χ1n) is 15.9. The summed E-state index contributed by atoms with van der Waals surface area (Å²) in [6.45, 7) is 7.20. The fourth-order valence-corrected chi connectivity index (χ4v) is 6.09. The second-order valence-electron chi connectivity index (χ2n) is 13.1. The Morgan fingerprint density at radius 3 is 2.22 bits per heavy atom. The number of benzene rings is 2. The van der Waals surface area contributed by atoms with E-state index in [2.05, 4.69) is 6.07 Å². The molecule has 2 aromatic carbocycles. The summed E-state index contributed by atoms with van der Waals surface area (Å²) < 4.78 is 57.3. The lowest BCUT2D eigenvalue weighted by Crippen LogP contribution is -2.58. The van der Waals surface area contributed by atoms with E-state index in [4.69, 9.17) is 23.7 Å². The van der Waals surface area contributed by atoms with Crippen molar-refractivity contribution in [1.29, 1.82) is 0 Å². The molecule has 1 aliphatic carbocycles. The minimum atomic E-state index is -1.37. The second-order valence-corrected chi connectivity index (χ2v) is 13.1. The van der Waals surface area contributed by atoms with Gasteiger partial charge in [0, 0.05) is 59.7 Å². The summed E-state index contributed by atoms with van der Waals surface area (Å²) in [7, 11) is 4.73. The zero-order valence-corrected chi connectivity index (χ0v) is 27.9. The number of likely N-dealkylation sites (tertiary alicyclic amines) is 1. The molecule has 2 fully saturated rings. The Balaban J connectivity index is 1.70. The maximum absolute atomic E-state index is 14.8. The van der Waals surface area contributed by atoms with Crippen LogP contribution < -0.4 is 4.74 Å². The first-order chi connectivity index (χ1) is 21.9. The number of methoxy groups -OCH3 is 3. The molecule has 2 aromatic rings. The van der Waals surface area contributed by atoms with Gasteiger partial charge in [-0.3, -0.25) is 4.79 Å². The average Bonchev–Trinajstić information content (AvgIpc) is 3.84. The molecule has 2 atom stereocenters. The van der Waals surface area contributed by atoms with E-state index in [-0.39, 0.29) is 37.0 Å². The maximum atomic E-state index is 14.8. The summed E-state index contributed by atoms with van der Waals surface area (Å²) in [6, 6.07) is 9.19. The van der Waals surface area contributed by atoms with Gasteiger partial charge >= 0.3 is 6.09 Å². The highest BCUT2D eigenvalue weighted by atomic mass is 19.1. The average molecular weight is 647 g/mol. The molecule has 11 heteroatoms. The van der Waals surface area contributed by atoms with E-state index in [1.807, 2.05) is 17.0 Å². The number of carbonyl (C=O) groups is 2. The van der Waals surface area contributed by atoms with Crippen molar-refractivity contribution in [3.8, 4) is 5.75 Å². The van der Waals surface area contributed by atoms with E-state index in [0.29, 0.717) is 32.1 Å². The van der Waals surface area contributed by atoms with E-state index in [1.54, 1.807) is 35.0 Å². The zero-order chi connectivity index (χ0) is 33.5. The largest absolute Gasteiger partial charge is 0.491 e. The van der Waals surface area contributed by atoms with Crippen LogP contribution in [-0.4, -0.2) is 87.7 Å². The van der Waals surface area contributed by atoms with Crippen LogP contribution in [0.25, 0.3) is 0 Å². The Hall–Kier alpha value is -3.28. The minimum absolute atomic E-state index is 0.0155. The van der Waals surface area contributed by atoms with Crippen LogP contribution in [0.5, 0.6) is 5.75 Å². The normalized spacial score (nSPS) is 20.0. The summed E-state index contributed by atoms with van der Waals surface area (Å²) in [5, 5.41) is 0. The first-order valence-corrected chi connectivity index (χ1v) is 15.9. The molecule has 9 nitrogen and oxygen atoms in total. The topological polar surface area (TPSA) is 86.8 Å². The number of hydrogen-bond acceptors (Lipinski definition) is 7. The standard InChI is InChI=1S/C35H48F2N2O7/c1-34(2,3)46-33(41)38-12-11-35(44-6,26-19-27(36)21-28(37)20-26)31(23-38)32(40)39(29-9-10-29)22-25-16-24(8-7-13-42-4)17-30(18-25)45-15-14-43-5/h16-21,29,31H,7-15,22-23H2,1-6H3/t31-,35+/m1/s1. The molecule has 1 heterocycles. The Morgan fingerprint density at radius 1 is 0.935 bits per heavy atom. The summed E-state index contributed by atoms with van der Waals surface area (Å²) >= 11 is 0. The van der Waals surface area contributed by atoms with Gasteiger partial charge in [-0.2, -0.15) is 0 Å². The smallest absolute Gasteiger partial charge is 0.410 e. The van der Waals surface area contributed by atoms with Gasteiger partial charge in [-0.05, 0) is 93.8 Å². The van der Waals surface area contributed by atoms with Gasteiger partial charge in [0.1, 0.15) is 35.2 Å². The van der Waals surface area contributed by atoms with E-state index in [9.17, 15) is 18.4 Å². The lowest BCUT2D eigenvalue weighted by atomic mass is 9.74. The molecule has 1 aliphatic heterocycles. The monoisotopic (exact) mass is 646 g/mol. The van der Waals surface area contributed by atoms with E-state index in [1.165, 1.54) is 24.1 Å². The van der Waals surface area contributed by atoms with E-state index >= 15 is 0 Å². The van der Waals surface area contributed by atoms with Crippen LogP contribution >= 0.6 is 0 Å². The van der Waals surface area contributed by atoms with Crippen molar-refractivity contribution >= 4 is 12.0 Å². The molecule has 254 valence electrons. The molecule has 0 unspecified atom stereocenters. The first kappa shape index (κ1) is 35.6. The minimum Gasteiger partial charge on any atom is -0.491 e. The van der Waals surface area contributed by atoms with Crippen LogP contribution in [0.2, 0.25) is 0 Å². The predicted molar refractivity (Wildman–Crippen MR) is 169 cm³/mol. The van der Waals surface area contributed by atoms with Gasteiger partial charge < -0.3 is 33.5 Å². The molecule has 1 saturated carbocycles. The Morgan fingerprint density at radius 2 is 1.61 bits per heavy atom. The van der Waals surface area contributed by atoms with Crippen molar-refractivity contribution in [1.82, 2.24) is 9.80 Å². The fourth-order valence-electron chi connectivity index (χ4n) is 6.09. The van der Waals surface area contributed by atoms with Gasteiger partial charge in [-0.1, -0.05) is 6.07 Å². The third kappa shape index (κ3) is 9.17. The van der Waals surface area contributed by atoms with Gasteiger partial charge in [-0.15, -0.1) is 0 Å². The summed E-state index contributed by atoms with van der Waals surface area (Å²) in [5.74, 6) is -2.06. The van der Waals surface area contributed by atoms with Crippen LogP contribution in [0.1, 0.15) is 63.1 Å². The van der Waals surface area contributed by atoms with Gasteiger partial charge in [0.25, 0.3) is 0 Å². The van der Waals surface area contributed by atoms with Gasteiger partial charge in [0.15, 0.2) is 0 Å². The van der Waals surface area contributed by atoms with Gasteiger partial charge in [0.05, 0.1) is 12.5 Å². The number of piperidine rings is 1. The highest BCUT2D eigenvalue weighted by Crippen LogP contribution is 2.44. The number of halogens is 2. The van der Waals surface area contributed by atoms with Crippen LogP contribution in [0, 0.1) is 17.6 Å². The van der Waals surface area contributed by atoms with Crippen molar-refractivity contribution in [2.45, 2.75) is 76.7 Å². The molecule has 2 amide bonds. The molecular weight excluding hydrogens is 598 g/mol. The number of rotatable bonds is 14. The molecular formula is C35H48F2N2O7. The molecule has 0 radical (unpaired) electrons. The highest BCUT2D eigenvalue weighted by Gasteiger charge is 2.52. The van der Waals surface area contributed by atoms with E-state index in [0.717, 1.165) is 42.9 Å². The van der Waals surface area contributed by atoms with Crippen molar-refractivity contribution < 1.29 is 42.1 Å². The van der Waals surface area contributed by atoms with Crippen molar-refractivity contribution in [3.63, 3.8) is 0 Å². The molecule has 1 saturated heterocycles. The summed E-state index contributed by atoms with van der Waals surface area (Å²) in [6.07, 6.45) is 2.84. The molecule has 0 bridgehead atoms. The second kappa shape index (κ2) is 15.5. The third-order valence-electron chi connectivity index (χ3n) is 8.40. The Labute approximate surface area is 271 Å². The predicted octanol–water partition coefficient (Wildman–Crippen LogP) is 5.86. The van der Waals surface area contributed by atoms with Crippen LogP contribution in [-0.2, 0) is 42.3 Å². The molecule has 0 aromatic heterocycles. The molecule has 0 spiro atoms. The van der Waals surface area contributed by atoms with E-state index < -0.39 is 34.8 Å². The Bertz CT molecular complexity index is 1300. The van der Waals surface area contributed by atoms with Gasteiger partial charge in [-0.25, -0.2) is 13.6 Å². The summed E-state index contributed by atoms with van der Waals surface area (Å²) in [4.78, 5) is 31.3. The van der Waals surface area contributed by atoms with Crippen molar-refractivity contribution in [2.75, 3.05) is 54.2 Å². The van der Waals surface area contributed by atoms with Crippen molar-refractivity contribution in [3.05, 3.63) is 64.7 Å². The Kier molecular flexibility index (Phi) is 12.0. The highest BCUT2D eigenvalue weighted by molar-refractivity contribution is 5.82. The number of ether oxygens (including phenoxy) is 5. The molecule has 2 aliphatic rings. The molecule has 46 heavy (non-hydrogen) atoms. The van der Waals surface area contributed by atoms with Crippen LogP contribution in [0.3, 0.4) is 0 Å². The van der Waals surface area contributed by atoms with Crippen LogP contribution in [0.15, 0.2) is 36.4 Å². The fraction of sp³-hybridized carbons (Fsp3) is 0.600. The quantitative estimate of drug-likeness (QED) is 0.238. The maximum Gasteiger partial charge on any atom is 0.410 e. The summed E-state index contributed by atoms with van der Waals surface area (Å²) in [5.41, 5.74) is 0.0550. The lowest BCUT2D eigenvalue weighted by Gasteiger charge is -2.47. The number of aryl methyl sites for hydroxylation is 1. The SMILES string of the molecule is COCCCc1cc(CN(C(=O)[C@H]2CN(C(=O)OC(C)(C)C)CC[C@]2(OC)c2cc(F)cc(F)c2)C2CC2)cc(OCCOC)c1. The molecule has 4 rings (SSSR count). The number of hydrogen-bond donors (Lipinski definition) is 0. The number of amides is 2. The third-order valence-corrected chi connectivity index (χ3v) is 8.40. The van der Waals surface area contributed by atoms with Crippen molar-refractivity contribution in [2.24, 2.45) is 5.92 Å². The zero-order valence-electron chi connectivity index (χ0n) is 27.9. The number of carbonyl (C=O) groups excluding carboxylic acids is 2. The van der Waals surface area contributed by atoms with Crippen LogP contribution in [0.4, 0.5) is 13.6 Å². The molecule has 0 N–H and O–H groups in total. The van der Waals surface area contributed by atoms with Gasteiger partial charge in [0.2, 0.25) is 5.91 Å². The number of nitrogens with zero attached hydrogens (tertiary/aromatic N) is 2.